The van der Waals surface area contributed by atoms with Crippen molar-refractivity contribution in [2.45, 2.75) is 12.8 Å². The summed E-state index contributed by atoms with van der Waals surface area (Å²) in [6.45, 7) is 2.28. The monoisotopic (exact) mass is 371 g/mol. The molecule has 0 aliphatic carbocycles. The Morgan fingerprint density at radius 1 is 1.40 bits per heavy atom. The zero-order valence-electron chi connectivity index (χ0n) is 5.62. The Hall–Kier alpha value is 1.08. The summed E-state index contributed by atoms with van der Waals surface area (Å²) in [6, 6.07) is 0. The summed E-state index contributed by atoms with van der Waals surface area (Å²) in [5.74, 6) is 0. The van der Waals surface area contributed by atoms with Crippen molar-refractivity contribution in [1.82, 2.24) is 4.31 Å². The SMILES string of the molecule is NC(=S)SN1CCCC1.[Bi]. The smallest absolute Gasteiger partial charge is 0.146 e. The van der Waals surface area contributed by atoms with Crippen LogP contribution >= 0.6 is 24.2 Å². The van der Waals surface area contributed by atoms with Crippen molar-refractivity contribution in [3.63, 3.8) is 0 Å². The van der Waals surface area contributed by atoms with Gasteiger partial charge in [0.15, 0.2) is 0 Å². The molecule has 0 aromatic heterocycles. The Balaban J connectivity index is 0.000000810. The van der Waals surface area contributed by atoms with E-state index in [1.165, 1.54) is 24.8 Å². The molecule has 2 nitrogen and oxygen atoms in total. The second kappa shape index (κ2) is 5.70. The molecular weight excluding hydrogens is 361 g/mol. The number of nitrogens with zero attached hydrogens (tertiary/aromatic N) is 1. The van der Waals surface area contributed by atoms with Crippen LogP contribution in [0.15, 0.2) is 0 Å². The summed E-state index contributed by atoms with van der Waals surface area (Å²) in [6.07, 6.45) is 2.57. The van der Waals surface area contributed by atoms with Crippen molar-refractivity contribution in [2.75, 3.05) is 13.1 Å². The van der Waals surface area contributed by atoms with Gasteiger partial charge in [-0.05, 0) is 24.8 Å². The van der Waals surface area contributed by atoms with Crippen LogP contribution in [0.25, 0.3) is 0 Å². The molecule has 0 bridgehead atoms. The van der Waals surface area contributed by atoms with Gasteiger partial charge in [-0.3, -0.25) is 0 Å². The fourth-order valence-corrected chi connectivity index (χ4v) is 1.92. The van der Waals surface area contributed by atoms with Gasteiger partial charge in [-0.15, -0.1) is 0 Å². The minimum Gasteiger partial charge on any atom is -0.384 e. The normalized spacial score (nSPS) is 18.4. The van der Waals surface area contributed by atoms with E-state index < -0.39 is 0 Å². The molecule has 1 fully saturated rings. The van der Waals surface area contributed by atoms with E-state index >= 15 is 0 Å². The average molecular weight is 371 g/mol. The largest absolute Gasteiger partial charge is 0.384 e. The summed E-state index contributed by atoms with van der Waals surface area (Å²) in [7, 11) is 0. The van der Waals surface area contributed by atoms with E-state index in [2.05, 4.69) is 4.31 Å². The van der Waals surface area contributed by atoms with Crippen molar-refractivity contribution in [3.8, 4) is 0 Å². The summed E-state index contributed by atoms with van der Waals surface area (Å²) in [5, 5.41) is 0. The second-order valence-electron chi connectivity index (χ2n) is 2.05. The molecular formula is C5H10BiN2S2. The Labute approximate surface area is 90.2 Å². The molecule has 0 saturated carbocycles. The van der Waals surface area contributed by atoms with E-state index in [9.17, 15) is 0 Å². The molecule has 1 rings (SSSR count). The molecule has 0 spiro atoms. The van der Waals surface area contributed by atoms with Gasteiger partial charge >= 0.3 is 0 Å². The molecule has 10 heavy (non-hydrogen) atoms. The Morgan fingerprint density at radius 3 is 2.30 bits per heavy atom. The molecule has 0 aromatic rings. The third kappa shape index (κ3) is 4.06. The molecule has 1 aliphatic rings. The van der Waals surface area contributed by atoms with E-state index in [0.717, 1.165) is 13.1 Å². The molecule has 0 amide bonds. The number of hydrogen-bond acceptors (Lipinski definition) is 3. The van der Waals surface area contributed by atoms with Crippen LogP contribution in [-0.2, 0) is 0 Å². The fourth-order valence-electron chi connectivity index (χ4n) is 0.907. The van der Waals surface area contributed by atoms with Crippen molar-refractivity contribution in [2.24, 2.45) is 5.73 Å². The third-order valence-corrected chi connectivity index (χ3v) is 2.31. The topological polar surface area (TPSA) is 29.3 Å². The first-order valence-electron chi connectivity index (χ1n) is 3.01. The Bertz CT molecular complexity index is 114. The van der Waals surface area contributed by atoms with Crippen LogP contribution < -0.4 is 5.73 Å². The first-order chi connectivity index (χ1) is 4.29. The molecule has 3 radical (unpaired) electrons. The zero-order valence-corrected chi connectivity index (χ0v) is 10.7. The fraction of sp³-hybridized carbons (Fsp3) is 0.800. The molecule has 0 unspecified atom stereocenters. The van der Waals surface area contributed by atoms with Gasteiger partial charge in [0.1, 0.15) is 4.32 Å². The summed E-state index contributed by atoms with van der Waals surface area (Å²) in [4.78, 5) is 0. The minimum absolute atomic E-state index is 0. The summed E-state index contributed by atoms with van der Waals surface area (Å²) >= 11 is 6.24. The Morgan fingerprint density at radius 2 is 1.90 bits per heavy atom. The van der Waals surface area contributed by atoms with E-state index in [0.29, 0.717) is 4.32 Å². The third-order valence-electron chi connectivity index (χ3n) is 1.28. The molecule has 1 aliphatic heterocycles. The van der Waals surface area contributed by atoms with Crippen LogP contribution in [0, 0.1) is 0 Å². The van der Waals surface area contributed by atoms with Gasteiger partial charge in [-0.1, -0.05) is 12.2 Å². The van der Waals surface area contributed by atoms with Crippen molar-refractivity contribution in [1.29, 1.82) is 0 Å². The summed E-state index contributed by atoms with van der Waals surface area (Å²) < 4.78 is 2.75. The number of hydrogen-bond donors (Lipinski definition) is 1. The van der Waals surface area contributed by atoms with Crippen LogP contribution in [0.5, 0.6) is 0 Å². The van der Waals surface area contributed by atoms with Crippen LogP contribution in [0.4, 0.5) is 0 Å². The average Bonchev–Trinajstić information content (AvgIpc) is 2.15. The van der Waals surface area contributed by atoms with Gasteiger partial charge < -0.3 is 5.73 Å². The molecule has 57 valence electrons. The maximum Gasteiger partial charge on any atom is 0.146 e. The predicted molar refractivity (Wildman–Crippen MR) is 50.9 cm³/mol. The first-order valence-corrected chi connectivity index (χ1v) is 4.19. The molecule has 0 aromatic carbocycles. The van der Waals surface area contributed by atoms with Gasteiger partial charge in [0.25, 0.3) is 0 Å². The van der Waals surface area contributed by atoms with E-state index in [-0.39, 0.29) is 26.2 Å². The number of nitrogens with two attached hydrogens (primary N) is 1. The van der Waals surface area contributed by atoms with E-state index in [4.69, 9.17) is 18.0 Å². The quantitative estimate of drug-likeness (QED) is 0.415. The molecule has 5 heteroatoms. The molecule has 1 heterocycles. The van der Waals surface area contributed by atoms with Crippen molar-refractivity contribution < 1.29 is 0 Å². The summed E-state index contributed by atoms with van der Waals surface area (Å²) in [5.41, 5.74) is 5.32. The van der Waals surface area contributed by atoms with Crippen LogP contribution in [0.2, 0.25) is 0 Å². The predicted octanol–water partition coefficient (Wildman–Crippen LogP) is 0.593. The van der Waals surface area contributed by atoms with Gasteiger partial charge in [-0.2, -0.15) is 0 Å². The maximum absolute atomic E-state index is 5.32. The van der Waals surface area contributed by atoms with Gasteiger partial charge in [0, 0.05) is 39.3 Å². The second-order valence-corrected chi connectivity index (χ2v) is 3.88. The zero-order chi connectivity index (χ0) is 6.69. The number of thiocarbonyl (C=S) groups is 1. The Kier molecular flexibility index (Phi) is 6.31. The van der Waals surface area contributed by atoms with Crippen LogP contribution in [0.3, 0.4) is 0 Å². The van der Waals surface area contributed by atoms with Gasteiger partial charge in [0.2, 0.25) is 0 Å². The van der Waals surface area contributed by atoms with Crippen molar-refractivity contribution >= 4 is 54.7 Å². The van der Waals surface area contributed by atoms with Gasteiger partial charge in [-0.25, -0.2) is 4.31 Å². The minimum atomic E-state index is 0. The van der Waals surface area contributed by atoms with E-state index in [1.807, 2.05) is 0 Å². The van der Waals surface area contributed by atoms with Crippen LogP contribution in [0.1, 0.15) is 12.8 Å². The molecule has 0 atom stereocenters. The number of rotatable bonds is 1. The molecule has 2 N–H and O–H groups in total. The van der Waals surface area contributed by atoms with Gasteiger partial charge in [0.05, 0.1) is 0 Å². The van der Waals surface area contributed by atoms with Crippen LogP contribution in [-0.4, -0.2) is 47.9 Å². The standard InChI is InChI=1S/C5H10N2S2.Bi/c6-5(8)9-7-3-1-2-4-7;/h1-4H2,(H2,6,8);. The van der Waals surface area contributed by atoms with Crippen molar-refractivity contribution in [3.05, 3.63) is 0 Å². The molecule has 1 saturated heterocycles. The maximum atomic E-state index is 5.32. The first kappa shape index (κ1) is 11.1. The van der Waals surface area contributed by atoms with E-state index in [1.54, 1.807) is 0 Å².